The SMILES string of the molecule is CCN1CCN(S(=O)(=O)c2ccc(C3CO3)c(C#N)c2)CC1. The Bertz CT molecular complexity index is 699. The van der Waals surface area contributed by atoms with Crippen LogP contribution in [-0.2, 0) is 14.8 Å². The lowest BCUT2D eigenvalue weighted by molar-refractivity contribution is 0.196. The standard InChI is InChI=1S/C15H19N3O3S/c1-2-17-5-7-18(8-6-17)22(19,20)13-3-4-14(15-11-21-15)12(9-13)10-16/h3-4,9,15H,2,5-8,11H2,1H3. The van der Waals surface area contributed by atoms with Gasteiger partial charge in [-0.15, -0.1) is 0 Å². The fraction of sp³-hybridized carbons (Fsp3) is 0.533. The molecule has 0 spiro atoms. The summed E-state index contributed by atoms with van der Waals surface area (Å²) in [6.45, 7) is 6.07. The monoisotopic (exact) mass is 321 g/mol. The molecule has 1 unspecified atom stereocenters. The molecule has 2 saturated heterocycles. The van der Waals surface area contributed by atoms with E-state index < -0.39 is 10.0 Å². The predicted octanol–water partition coefficient (Wildman–Crippen LogP) is 0.956. The number of rotatable bonds is 4. The van der Waals surface area contributed by atoms with E-state index in [-0.39, 0.29) is 11.0 Å². The minimum Gasteiger partial charge on any atom is -0.368 e. The molecule has 2 aliphatic rings. The smallest absolute Gasteiger partial charge is 0.243 e. The highest BCUT2D eigenvalue weighted by Gasteiger charge is 2.31. The van der Waals surface area contributed by atoms with Gasteiger partial charge in [0.25, 0.3) is 0 Å². The van der Waals surface area contributed by atoms with Crippen LogP contribution in [0.1, 0.15) is 24.2 Å². The molecular formula is C15H19N3O3S. The summed E-state index contributed by atoms with van der Waals surface area (Å²) in [6, 6.07) is 6.83. The van der Waals surface area contributed by atoms with Gasteiger partial charge in [0.05, 0.1) is 23.1 Å². The maximum atomic E-state index is 12.7. The molecule has 2 aliphatic heterocycles. The Morgan fingerprint density at radius 2 is 2.00 bits per heavy atom. The van der Waals surface area contributed by atoms with Gasteiger partial charge in [-0.3, -0.25) is 0 Å². The van der Waals surface area contributed by atoms with Crippen molar-refractivity contribution >= 4 is 10.0 Å². The molecule has 118 valence electrons. The van der Waals surface area contributed by atoms with Crippen LogP contribution < -0.4 is 0 Å². The zero-order valence-corrected chi connectivity index (χ0v) is 13.3. The van der Waals surface area contributed by atoms with Gasteiger partial charge >= 0.3 is 0 Å². The zero-order chi connectivity index (χ0) is 15.7. The number of nitrogens with zero attached hydrogens (tertiary/aromatic N) is 3. The molecule has 0 aliphatic carbocycles. The summed E-state index contributed by atoms with van der Waals surface area (Å²) in [5.74, 6) is 0. The highest BCUT2D eigenvalue weighted by molar-refractivity contribution is 7.89. The van der Waals surface area contributed by atoms with Gasteiger partial charge in [-0.25, -0.2) is 8.42 Å². The van der Waals surface area contributed by atoms with Crippen molar-refractivity contribution in [3.63, 3.8) is 0 Å². The molecule has 3 rings (SSSR count). The maximum absolute atomic E-state index is 12.7. The summed E-state index contributed by atoms with van der Waals surface area (Å²) < 4.78 is 32.1. The molecule has 0 saturated carbocycles. The van der Waals surface area contributed by atoms with Crippen LogP contribution in [0.4, 0.5) is 0 Å². The van der Waals surface area contributed by atoms with E-state index in [0.717, 1.165) is 25.2 Å². The van der Waals surface area contributed by atoms with Gasteiger partial charge in [-0.05, 0) is 18.7 Å². The van der Waals surface area contributed by atoms with Gasteiger partial charge in [-0.2, -0.15) is 9.57 Å². The molecule has 7 heteroatoms. The first-order chi connectivity index (χ1) is 10.6. The number of ether oxygens (including phenoxy) is 1. The van der Waals surface area contributed by atoms with E-state index >= 15 is 0 Å². The van der Waals surface area contributed by atoms with Crippen LogP contribution in [-0.4, -0.2) is 57.0 Å². The third-order valence-corrected chi connectivity index (χ3v) is 6.14. The number of hydrogen-bond donors (Lipinski definition) is 0. The van der Waals surface area contributed by atoms with Crippen LogP contribution in [0.3, 0.4) is 0 Å². The molecule has 0 N–H and O–H groups in total. The molecule has 1 aromatic carbocycles. The lowest BCUT2D eigenvalue weighted by atomic mass is 10.1. The molecule has 0 aromatic heterocycles. The van der Waals surface area contributed by atoms with Crippen LogP contribution >= 0.6 is 0 Å². The van der Waals surface area contributed by atoms with Crippen molar-refractivity contribution in [3.8, 4) is 6.07 Å². The number of sulfonamides is 1. The largest absolute Gasteiger partial charge is 0.368 e. The van der Waals surface area contributed by atoms with Crippen LogP contribution in [0.5, 0.6) is 0 Å². The molecule has 0 amide bonds. The molecule has 2 heterocycles. The Balaban J connectivity index is 1.85. The van der Waals surface area contributed by atoms with Crippen molar-refractivity contribution in [1.29, 1.82) is 5.26 Å². The van der Waals surface area contributed by atoms with E-state index in [1.165, 1.54) is 10.4 Å². The van der Waals surface area contributed by atoms with E-state index in [0.29, 0.717) is 25.3 Å². The van der Waals surface area contributed by atoms with Crippen LogP contribution in [0.2, 0.25) is 0 Å². The number of nitriles is 1. The van der Waals surface area contributed by atoms with Gasteiger partial charge in [0.15, 0.2) is 0 Å². The van der Waals surface area contributed by atoms with Gasteiger partial charge in [0.2, 0.25) is 10.0 Å². The lowest BCUT2D eigenvalue weighted by Gasteiger charge is -2.33. The van der Waals surface area contributed by atoms with Crippen molar-refractivity contribution in [2.75, 3.05) is 39.3 Å². The predicted molar refractivity (Wildman–Crippen MR) is 80.7 cm³/mol. The van der Waals surface area contributed by atoms with Crippen molar-refractivity contribution in [1.82, 2.24) is 9.21 Å². The Hall–Kier alpha value is -1.46. The molecular weight excluding hydrogens is 302 g/mol. The first kappa shape index (κ1) is 15.4. The minimum atomic E-state index is -3.53. The quantitative estimate of drug-likeness (QED) is 0.772. The second-order valence-electron chi connectivity index (χ2n) is 5.52. The van der Waals surface area contributed by atoms with Gasteiger partial charge in [-0.1, -0.05) is 13.0 Å². The second kappa shape index (κ2) is 5.97. The summed E-state index contributed by atoms with van der Waals surface area (Å²) in [7, 11) is -3.53. The number of benzene rings is 1. The summed E-state index contributed by atoms with van der Waals surface area (Å²) in [5, 5.41) is 9.24. The Morgan fingerprint density at radius 1 is 1.32 bits per heavy atom. The molecule has 0 bridgehead atoms. The second-order valence-corrected chi connectivity index (χ2v) is 7.46. The Morgan fingerprint density at radius 3 is 2.55 bits per heavy atom. The third kappa shape index (κ3) is 2.88. The molecule has 1 atom stereocenters. The molecule has 22 heavy (non-hydrogen) atoms. The molecule has 1 aromatic rings. The zero-order valence-electron chi connectivity index (χ0n) is 12.5. The summed E-state index contributed by atoms with van der Waals surface area (Å²) in [6.07, 6.45) is -0.0560. The highest BCUT2D eigenvalue weighted by atomic mass is 32.2. The van der Waals surface area contributed by atoms with E-state index in [1.807, 2.05) is 0 Å². The van der Waals surface area contributed by atoms with E-state index in [9.17, 15) is 13.7 Å². The van der Waals surface area contributed by atoms with Crippen LogP contribution in [0, 0.1) is 11.3 Å². The maximum Gasteiger partial charge on any atom is 0.243 e. The van der Waals surface area contributed by atoms with Crippen molar-refractivity contribution in [3.05, 3.63) is 29.3 Å². The van der Waals surface area contributed by atoms with Crippen molar-refractivity contribution in [2.24, 2.45) is 0 Å². The third-order valence-electron chi connectivity index (χ3n) is 4.24. The lowest BCUT2D eigenvalue weighted by Crippen LogP contribution is -2.48. The Labute approximate surface area is 130 Å². The topological polar surface area (TPSA) is 76.9 Å². The molecule has 6 nitrogen and oxygen atoms in total. The molecule has 2 fully saturated rings. The number of piperazine rings is 1. The number of likely N-dealkylation sites (N-methyl/N-ethyl adjacent to an activating group) is 1. The fourth-order valence-corrected chi connectivity index (χ4v) is 4.19. The summed E-state index contributed by atoms with van der Waals surface area (Å²) in [4.78, 5) is 2.42. The van der Waals surface area contributed by atoms with Gasteiger partial charge in [0.1, 0.15) is 6.10 Å². The van der Waals surface area contributed by atoms with Gasteiger partial charge in [0, 0.05) is 31.7 Å². The van der Waals surface area contributed by atoms with E-state index in [2.05, 4.69) is 17.9 Å². The van der Waals surface area contributed by atoms with E-state index in [4.69, 9.17) is 4.74 Å². The van der Waals surface area contributed by atoms with Crippen molar-refractivity contribution in [2.45, 2.75) is 17.9 Å². The summed E-state index contributed by atoms with van der Waals surface area (Å²) >= 11 is 0. The van der Waals surface area contributed by atoms with Gasteiger partial charge < -0.3 is 9.64 Å². The fourth-order valence-electron chi connectivity index (χ4n) is 2.74. The minimum absolute atomic E-state index is 0.0560. The Kier molecular flexibility index (Phi) is 4.19. The number of hydrogen-bond acceptors (Lipinski definition) is 5. The normalized spacial score (nSPS) is 23.2. The average Bonchev–Trinajstić information content (AvgIpc) is 3.39. The average molecular weight is 321 g/mol. The summed E-state index contributed by atoms with van der Waals surface area (Å²) in [5.41, 5.74) is 1.16. The first-order valence-corrected chi connectivity index (χ1v) is 8.88. The van der Waals surface area contributed by atoms with E-state index in [1.54, 1.807) is 12.1 Å². The highest BCUT2D eigenvalue weighted by Crippen LogP contribution is 2.33. The van der Waals surface area contributed by atoms with Crippen LogP contribution in [0.15, 0.2) is 23.1 Å². The number of epoxide rings is 1. The molecule has 0 radical (unpaired) electrons. The van der Waals surface area contributed by atoms with Crippen LogP contribution in [0.25, 0.3) is 0 Å². The first-order valence-electron chi connectivity index (χ1n) is 7.44. The van der Waals surface area contributed by atoms with Crippen molar-refractivity contribution < 1.29 is 13.2 Å².